The molecule has 88 valence electrons. The Bertz CT molecular complexity index is 443. The Hall–Kier alpha value is -1.76. The van der Waals surface area contributed by atoms with Crippen LogP contribution in [0.5, 0.6) is 0 Å². The molecule has 2 rings (SSSR count). The second-order valence-corrected chi connectivity index (χ2v) is 4.62. The predicted molar refractivity (Wildman–Crippen MR) is 74.3 cm³/mol. The standard InChI is InChI=1S/C16H19N/c1-13(2)15-8-10-16(11-9-15)17-12-14-6-4-3-5-7-14/h3-11,13,17H,12H2,1-2H3. The van der Waals surface area contributed by atoms with Gasteiger partial charge in [0.05, 0.1) is 0 Å². The van der Waals surface area contributed by atoms with Crippen molar-refractivity contribution < 1.29 is 0 Å². The van der Waals surface area contributed by atoms with E-state index in [1.54, 1.807) is 0 Å². The third kappa shape index (κ3) is 3.35. The summed E-state index contributed by atoms with van der Waals surface area (Å²) in [4.78, 5) is 0. The van der Waals surface area contributed by atoms with E-state index >= 15 is 0 Å². The van der Waals surface area contributed by atoms with Crippen LogP contribution in [-0.4, -0.2) is 0 Å². The number of rotatable bonds is 4. The third-order valence-electron chi connectivity index (χ3n) is 2.92. The van der Waals surface area contributed by atoms with Crippen molar-refractivity contribution in [1.29, 1.82) is 0 Å². The first-order valence-corrected chi connectivity index (χ1v) is 6.13. The highest BCUT2D eigenvalue weighted by Crippen LogP contribution is 2.17. The summed E-state index contributed by atoms with van der Waals surface area (Å²) in [6, 6.07) is 19.1. The van der Waals surface area contributed by atoms with Crippen molar-refractivity contribution in [2.75, 3.05) is 5.32 Å². The summed E-state index contributed by atoms with van der Waals surface area (Å²) < 4.78 is 0. The zero-order chi connectivity index (χ0) is 12.1. The van der Waals surface area contributed by atoms with E-state index in [1.807, 2.05) is 6.07 Å². The molecule has 1 N–H and O–H groups in total. The first-order chi connectivity index (χ1) is 8.25. The predicted octanol–water partition coefficient (Wildman–Crippen LogP) is 4.42. The van der Waals surface area contributed by atoms with Crippen LogP contribution in [0.1, 0.15) is 30.9 Å². The summed E-state index contributed by atoms with van der Waals surface area (Å²) in [6.07, 6.45) is 0. The lowest BCUT2D eigenvalue weighted by atomic mass is 10.0. The van der Waals surface area contributed by atoms with Crippen molar-refractivity contribution in [2.45, 2.75) is 26.3 Å². The fraction of sp³-hybridized carbons (Fsp3) is 0.250. The van der Waals surface area contributed by atoms with Crippen molar-refractivity contribution in [3.8, 4) is 0 Å². The van der Waals surface area contributed by atoms with Gasteiger partial charge in [-0.1, -0.05) is 56.3 Å². The molecule has 0 spiro atoms. The zero-order valence-electron chi connectivity index (χ0n) is 10.5. The van der Waals surface area contributed by atoms with Gasteiger partial charge >= 0.3 is 0 Å². The molecule has 1 heteroatoms. The highest BCUT2D eigenvalue weighted by atomic mass is 14.9. The molecule has 0 fully saturated rings. The van der Waals surface area contributed by atoms with Crippen LogP contribution in [0.3, 0.4) is 0 Å². The molecule has 1 nitrogen and oxygen atoms in total. The Labute approximate surface area is 103 Å². The van der Waals surface area contributed by atoms with E-state index in [-0.39, 0.29) is 0 Å². The molecule has 2 aromatic rings. The number of benzene rings is 2. The molecular weight excluding hydrogens is 206 g/mol. The molecule has 17 heavy (non-hydrogen) atoms. The molecule has 0 aromatic heterocycles. The highest BCUT2D eigenvalue weighted by molar-refractivity contribution is 5.45. The van der Waals surface area contributed by atoms with Crippen LogP contribution in [0.2, 0.25) is 0 Å². The number of nitrogens with one attached hydrogen (secondary N) is 1. The molecular formula is C16H19N. The van der Waals surface area contributed by atoms with Gasteiger partial charge in [0.15, 0.2) is 0 Å². The third-order valence-corrected chi connectivity index (χ3v) is 2.92. The molecule has 0 radical (unpaired) electrons. The number of hydrogen-bond acceptors (Lipinski definition) is 1. The molecule has 0 saturated heterocycles. The van der Waals surface area contributed by atoms with E-state index < -0.39 is 0 Å². The Morgan fingerprint density at radius 1 is 0.882 bits per heavy atom. The lowest BCUT2D eigenvalue weighted by molar-refractivity contribution is 0.867. The summed E-state index contributed by atoms with van der Waals surface area (Å²) in [5, 5.41) is 3.43. The second kappa shape index (κ2) is 5.53. The Morgan fingerprint density at radius 2 is 1.53 bits per heavy atom. The summed E-state index contributed by atoms with van der Waals surface area (Å²) in [6.45, 7) is 5.31. The largest absolute Gasteiger partial charge is 0.381 e. The Kier molecular flexibility index (Phi) is 3.81. The van der Waals surface area contributed by atoms with Crippen LogP contribution in [0, 0.1) is 0 Å². The number of hydrogen-bond donors (Lipinski definition) is 1. The molecule has 0 saturated carbocycles. The molecule has 0 heterocycles. The average Bonchev–Trinajstić information content (AvgIpc) is 2.38. The van der Waals surface area contributed by atoms with Gasteiger partial charge in [0.25, 0.3) is 0 Å². The first kappa shape index (κ1) is 11.7. The maximum Gasteiger partial charge on any atom is 0.0400 e. The normalized spacial score (nSPS) is 10.5. The highest BCUT2D eigenvalue weighted by Gasteiger charge is 1.98. The zero-order valence-corrected chi connectivity index (χ0v) is 10.5. The van der Waals surface area contributed by atoms with Crippen LogP contribution in [0.4, 0.5) is 5.69 Å². The first-order valence-electron chi connectivity index (χ1n) is 6.13. The van der Waals surface area contributed by atoms with Crippen LogP contribution in [0.25, 0.3) is 0 Å². The summed E-state index contributed by atoms with van der Waals surface area (Å²) in [5.74, 6) is 0.596. The lowest BCUT2D eigenvalue weighted by Gasteiger charge is -2.09. The van der Waals surface area contributed by atoms with E-state index in [0.29, 0.717) is 5.92 Å². The quantitative estimate of drug-likeness (QED) is 0.812. The maximum absolute atomic E-state index is 3.43. The van der Waals surface area contributed by atoms with Gasteiger partial charge in [-0.15, -0.1) is 0 Å². The molecule has 0 amide bonds. The summed E-state index contributed by atoms with van der Waals surface area (Å²) in [5.41, 5.74) is 3.87. The molecule has 0 aliphatic carbocycles. The molecule has 0 unspecified atom stereocenters. The summed E-state index contributed by atoms with van der Waals surface area (Å²) >= 11 is 0. The van der Waals surface area contributed by atoms with E-state index in [1.165, 1.54) is 16.8 Å². The smallest absolute Gasteiger partial charge is 0.0400 e. The lowest BCUT2D eigenvalue weighted by Crippen LogP contribution is -1.99. The van der Waals surface area contributed by atoms with E-state index in [0.717, 1.165) is 6.54 Å². The molecule has 2 aromatic carbocycles. The van der Waals surface area contributed by atoms with Crippen molar-refractivity contribution in [2.24, 2.45) is 0 Å². The minimum absolute atomic E-state index is 0.596. The van der Waals surface area contributed by atoms with Crippen LogP contribution >= 0.6 is 0 Å². The van der Waals surface area contributed by atoms with Crippen molar-refractivity contribution >= 4 is 5.69 Å². The Morgan fingerprint density at radius 3 is 2.12 bits per heavy atom. The Balaban J connectivity index is 1.96. The molecule has 0 atom stereocenters. The van der Waals surface area contributed by atoms with Gasteiger partial charge in [-0.3, -0.25) is 0 Å². The van der Waals surface area contributed by atoms with Gasteiger partial charge in [-0.25, -0.2) is 0 Å². The van der Waals surface area contributed by atoms with Gasteiger partial charge in [0, 0.05) is 12.2 Å². The van der Waals surface area contributed by atoms with E-state index in [2.05, 4.69) is 67.7 Å². The van der Waals surface area contributed by atoms with Crippen LogP contribution in [0.15, 0.2) is 54.6 Å². The van der Waals surface area contributed by atoms with E-state index in [9.17, 15) is 0 Å². The number of anilines is 1. The minimum atomic E-state index is 0.596. The van der Waals surface area contributed by atoms with Crippen molar-refractivity contribution in [3.63, 3.8) is 0 Å². The minimum Gasteiger partial charge on any atom is -0.381 e. The van der Waals surface area contributed by atoms with Gasteiger partial charge in [-0.2, -0.15) is 0 Å². The molecule has 0 aliphatic rings. The van der Waals surface area contributed by atoms with Crippen LogP contribution < -0.4 is 5.32 Å². The van der Waals surface area contributed by atoms with Gasteiger partial charge in [-0.05, 0) is 29.2 Å². The fourth-order valence-corrected chi connectivity index (χ4v) is 1.79. The van der Waals surface area contributed by atoms with Gasteiger partial charge in [0.2, 0.25) is 0 Å². The van der Waals surface area contributed by atoms with Crippen molar-refractivity contribution in [1.82, 2.24) is 0 Å². The SMILES string of the molecule is CC(C)c1ccc(NCc2ccccc2)cc1. The maximum atomic E-state index is 3.43. The van der Waals surface area contributed by atoms with Gasteiger partial charge < -0.3 is 5.32 Å². The average molecular weight is 225 g/mol. The van der Waals surface area contributed by atoms with E-state index in [4.69, 9.17) is 0 Å². The monoisotopic (exact) mass is 225 g/mol. The van der Waals surface area contributed by atoms with Crippen molar-refractivity contribution in [3.05, 3.63) is 65.7 Å². The fourth-order valence-electron chi connectivity index (χ4n) is 1.79. The second-order valence-electron chi connectivity index (χ2n) is 4.62. The summed E-state index contributed by atoms with van der Waals surface area (Å²) in [7, 11) is 0. The van der Waals surface area contributed by atoms with Gasteiger partial charge in [0.1, 0.15) is 0 Å². The van der Waals surface area contributed by atoms with Crippen LogP contribution in [-0.2, 0) is 6.54 Å². The molecule has 0 bridgehead atoms. The topological polar surface area (TPSA) is 12.0 Å². The molecule has 0 aliphatic heterocycles.